The molecule has 9 rings (SSSR count). The van der Waals surface area contributed by atoms with Crippen molar-refractivity contribution >= 4 is 29.1 Å². The summed E-state index contributed by atoms with van der Waals surface area (Å²) in [6.07, 6.45) is 11.8. The van der Waals surface area contributed by atoms with E-state index in [1.165, 1.54) is 18.5 Å². The first-order chi connectivity index (χ1) is 27.1. The Labute approximate surface area is 328 Å². The zero-order chi connectivity index (χ0) is 38.6. The number of aliphatic hydroxyl groups is 1. The second kappa shape index (κ2) is 15.3. The summed E-state index contributed by atoms with van der Waals surface area (Å²) >= 11 is 0. The minimum Gasteiger partial charge on any atom is -0.512 e. The molecular weight excluding hydrogens is 713 g/mol. The van der Waals surface area contributed by atoms with Crippen molar-refractivity contribution in [3.63, 3.8) is 0 Å². The van der Waals surface area contributed by atoms with E-state index in [9.17, 15) is 19.5 Å². The number of rotatable bonds is 8. The first kappa shape index (κ1) is 37.3. The average Bonchev–Trinajstić information content (AvgIpc) is 3.83. The first-order valence-electron chi connectivity index (χ1n) is 21.2. The van der Waals surface area contributed by atoms with Crippen LogP contribution >= 0.6 is 0 Å². The molecule has 11 heteroatoms. The molecule has 2 aromatic carbocycles. The molecule has 0 spiro atoms. The molecule has 1 unspecified atom stereocenters. The molecule has 4 atom stereocenters. The summed E-state index contributed by atoms with van der Waals surface area (Å²) in [6.45, 7) is 7.31. The predicted molar refractivity (Wildman–Crippen MR) is 212 cm³/mol. The van der Waals surface area contributed by atoms with Crippen LogP contribution in [-0.2, 0) is 16.1 Å². The summed E-state index contributed by atoms with van der Waals surface area (Å²) in [4.78, 5) is 46.3. The Hall–Kier alpha value is -4.25. The summed E-state index contributed by atoms with van der Waals surface area (Å²) in [6, 6.07) is 14.2. The van der Waals surface area contributed by atoms with Gasteiger partial charge in [0, 0.05) is 94.5 Å². The highest BCUT2D eigenvalue weighted by Gasteiger charge is 2.53. The van der Waals surface area contributed by atoms with Gasteiger partial charge in [0.05, 0.1) is 11.7 Å². The zero-order valence-electron chi connectivity index (χ0n) is 32.3. The summed E-state index contributed by atoms with van der Waals surface area (Å²) in [5.41, 5.74) is 5.84. The number of fused-ring (bicyclic) bond motifs is 2. The maximum atomic E-state index is 15.6. The van der Waals surface area contributed by atoms with Crippen molar-refractivity contribution in [2.45, 2.75) is 95.1 Å². The van der Waals surface area contributed by atoms with Crippen molar-refractivity contribution in [1.29, 1.82) is 0 Å². The molecule has 7 aliphatic rings. The normalized spacial score (nSPS) is 28.9. The van der Waals surface area contributed by atoms with E-state index in [-0.39, 0.29) is 54.6 Å². The van der Waals surface area contributed by atoms with Gasteiger partial charge in [-0.25, -0.2) is 8.78 Å². The fourth-order valence-electron chi connectivity index (χ4n) is 11.2. The van der Waals surface area contributed by atoms with Crippen molar-refractivity contribution in [3.05, 3.63) is 82.6 Å². The topological polar surface area (TPSA) is 96.4 Å². The van der Waals surface area contributed by atoms with E-state index in [4.69, 9.17) is 0 Å². The third kappa shape index (κ3) is 7.36. The van der Waals surface area contributed by atoms with E-state index < -0.39 is 17.9 Å². The van der Waals surface area contributed by atoms with Gasteiger partial charge in [-0.1, -0.05) is 49.5 Å². The van der Waals surface area contributed by atoms with Gasteiger partial charge in [0.1, 0.15) is 6.04 Å². The van der Waals surface area contributed by atoms with Crippen LogP contribution in [0.25, 0.3) is 0 Å². The number of alkyl halides is 2. The van der Waals surface area contributed by atoms with Crippen LogP contribution in [-0.4, -0.2) is 90.4 Å². The van der Waals surface area contributed by atoms with Crippen LogP contribution < -0.4 is 15.1 Å². The number of piperazine rings is 1. The van der Waals surface area contributed by atoms with Gasteiger partial charge >= 0.3 is 0 Å². The highest BCUT2D eigenvalue weighted by molar-refractivity contribution is 6.05. The van der Waals surface area contributed by atoms with Crippen LogP contribution in [0.1, 0.15) is 98.0 Å². The molecule has 56 heavy (non-hydrogen) atoms. The molecule has 0 aromatic heterocycles. The minimum atomic E-state index is -2.80. The lowest BCUT2D eigenvalue weighted by Gasteiger charge is -2.45. The molecule has 298 valence electrons. The Kier molecular flexibility index (Phi) is 10.2. The van der Waals surface area contributed by atoms with Crippen molar-refractivity contribution in [1.82, 2.24) is 15.1 Å². The Morgan fingerprint density at radius 2 is 1.52 bits per heavy atom. The lowest BCUT2D eigenvalue weighted by atomic mass is 9.62. The number of anilines is 2. The van der Waals surface area contributed by atoms with Gasteiger partial charge in [0.25, 0.3) is 11.8 Å². The molecule has 4 aliphatic heterocycles. The SMILES string of the molecule is O=C1CC[C@H](N2Cc3cc(N4CCN(CC5CCN(c6ccc([C@H]7C8=CC=C(O)CC8C(F)(F)C[C@H]7CC7CCCC7)cc6)CC5)CC4)ccc3C2=O)C(=O)N1. The third-order valence-corrected chi connectivity index (χ3v) is 14.3. The fraction of sp³-hybridized carbons (Fsp3) is 0.578. The van der Waals surface area contributed by atoms with Crippen molar-refractivity contribution < 1.29 is 28.3 Å². The number of allylic oxidation sites excluding steroid dienone is 4. The number of amides is 3. The summed E-state index contributed by atoms with van der Waals surface area (Å²) < 4.78 is 31.2. The lowest BCUT2D eigenvalue weighted by molar-refractivity contribution is -0.136. The Morgan fingerprint density at radius 1 is 0.804 bits per heavy atom. The summed E-state index contributed by atoms with van der Waals surface area (Å²) in [7, 11) is 0. The number of hydrogen-bond acceptors (Lipinski definition) is 7. The Morgan fingerprint density at radius 3 is 2.25 bits per heavy atom. The maximum absolute atomic E-state index is 15.6. The molecule has 3 amide bonds. The highest BCUT2D eigenvalue weighted by Crippen LogP contribution is 2.56. The number of halogens is 2. The molecule has 2 N–H and O–H groups in total. The lowest BCUT2D eigenvalue weighted by Crippen LogP contribution is -2.52. The molecule has 3 aliphatic carbocycles. The molecule has 9 nitrogen and oxygen atoms in total. The number of piperidine rings is 2. The van der Waals surface area contributed by atoms with Gasteiger partial charge < -0.3 is 19.8 Å². The largest absolute Gasteiger partial charge is 0.512 e. The molecule has 4 heterocycles. The fourth-order valence-corrected chi connectivity index (χ4v) is 11.2. The van der Waals surface area contributed by atoms with Gasteiger partial charge in [-0.15, -0.1) is 0 Å². The number of hydrogen-bond donors (Lipinski definition) is 2. The van der Waals surface area contributed by atoms with Crippen LogP contribution in [0.2, 0.25) is 0 Å². The van der Waals surface area contributed by atoms with Crippen LogP contribution in [0.5, 0.6) is 0 Å². The van der Waals surface area contributed by atoms with Gasteiger partial charge in [-0.05, 0) is 91.0 Å². The van der Waals surface area contributed by atoms with Crippen LogP contribution in [0.4, 0.5) is 20.2 Å². The number of nitrogens with one attached hydrogen (secondary N) is 1. The number of carbonyl (C=O) groups excluding carboxylic acids is 3. The Bertz CT molecular complexity index is 1890. The van der Waals surface area contributed by atoms with E-state index in [2.05, 4.69) is 50.3 Å². The molecule has 2 aromatic rings. The van der Waals surface area contributed by atoms with Gasteiger partial charge in [0.15, 0.2) is 0 Å². The smallest absolute Gasteiger partial charge is 0.255 e. The van der Waals surface area contributed by atoms with E-state index in [0.29, 0.717) is 30.4 Å². The second-order valence-electron chi connectivity index (χ2n) is 17.7. The van der Waals surface area contributed by atoms with E-state index >= 15 is 8.78 Å². The van der Waals surface area contributed by atoms with E-state index in [1.807, 2.05) is 12.1 Å². The number of carbonyl (C=O) groups is 3. The summed E-state index contributed by atoms with van der Waals surface area (Å²) in [5.74, 6) is -3.42. The van der Waals surface area contributed by atoms with E-state index in [1.54, 1.807) is 17.1 Å². The number of imide groups is 1. The minimum absolute atomic E-state index is 0.0284. The van der Waals surface area contributed by atoms with Crippen molar-refractivity contribution in [2.75, 3.05) is 55.6 Å². The van der Waals surface area contributed by atoms with Crippen LogP contribution in [0.15, 0.2) is 65.9 Å². The average molecular weight is 768 g/mol. The number of nitrogens with zero attached hydrogens (tertiary/aromatic N) is 4. The van der Waals surface area contributed by atoms with Crippen molar-refractivity contribution in [2.24, 2.45) is 23.7 Å². The molecule has 2 saturated carbocycles. The second-order valence-corrected chi connectivity index (χ2v) is 17.7. The quantitative estimate of drug-likeness (QED) is 0.275. The van der Waals surface area contributed by atoms with Crippen LogP contribution in [0, 0.1) is 23.7 Å². The van der Waals surface area contributed by atoms with Crippen LogP contribution in [0.3, 0.4) is 0 Å². The number of aliphatic hydroxyl groups excluding tert-OH is 1. The molecule has 0 bridgehead atoms. The highest BCUT2D eigenvalue weighted by atomic mass is 19.3. The van der Waals surface area contributed by atoms with Gasteiger partial charge in [-0.3, -0.25) is 24.6 Å². The molecular formula is C45H55F2N5O4. The molecule has 5 fully saturated rings. The maximum Gasteiger partial charge on any atom is 0.255 e. The van der Waals surface area contributed by atoms with Gasteiger partial charge in [0.2, 0.25) is 11.8 Å². The monoisotopic (exact) mass is 767 g/mol. The third-order valence-electron chi connectivity index (χ3n) is 14.3. The first-order valence-corrected chi connectivity index (χ1v) is 21.2. The molecule has 0 radical (unpaired) electrons. The van der Waals surface area contributed by atoms with Crippen molar-refractivity contribution in [3.8, 4) is 0 Å². The van der Waals surface area contributed by atoms with E-state index in [0.717, 1.165) is 100 Å². The standard InChI is InChI=1S/C45H55F2N5O4/c46-45(47)26-32(23-29-3-1-2-4-29)42(38-12-10-36(53)25-39(38)45)31-5-7-34(8-6-31)50-17-15-30(16-18-50)27-49-19-21-51(22-20-49)35-9-11-37-33(24-35)28-52(44(37)56)40-13-14-41(54)48-43(40)55/h5-12,24,29-30,32,39-40,42,53H,1-4,13-23,25-28H2,(H,48,54,55)/t32-,39?,40+,42-/m1/s1. The zero-order valence-corrected chi connectivity index (χ0v) is 32.3. The summed E-state index contributed by atoms with van der Waals surface area (Å²) in [5, 5.41) is 12.6. The van der Waals surface area contributed by atoms with Gasteiger partial charge in [-0.2, -0.15) is 0 Å². The molecule has 3 saturated heterocycles. The predicted octanol–water partition coefficient (Wildman–Crippen LogP) is 7.19. The number of benzene rings is 2. The Balaban J connectivity index is 0.777.